The molecule has 0 saturated carbocycles. The van der Waals surface area contributed by atoms with Gasteiger partial charge in [0.05, 0.1) is 12.7 Å². The molecular weight excluding hydrogens is 358 g/mol. The van der Waals surface area contributed by atoms with Gasteiger partial charge in [-0.3, -0.25) is 4.79 Å². The normalized spacial score (nSPS) is 15.7. The molecule has 2 aromatic carbocycles. The van der Waals surface area contributed by atoms with Crippen LogP contribution < -0.4 is 5.32 Å². The lowest BCUT2D eigenvalue weighted by atomic mass is 10.0. The Balaban J connectivity index is 1.66. The predicted octanol–water partition coefficient (Wildman–Crippen LogP) is 2.81. The number of carboxylic acids is 1. The average molecular weight is 383 g/mol. The molecule has 1 heterocycles. The minimum atomic E-state index is -1.06. The van der Waals surface area contributed by atoms with Crippen molar-refractivity contribution in [3.8, 4) is 0 Å². The van der Waals surface area contributed by atoms with E-state index < -0.39 is 17.9 Å². The SMILES string of the molecule is O=C(NC(Cc1ccccc1)C(=O)O)c1ccccc1COC1CCOCC1. The number of hydrogen-bond acceptors (Lipinski definition) is 4. The minimum absolute atomic E-state index is 0.120. The number of rotatable bonds is 8. The Morgan fingerprint density at radius 3 is 2.46 bits per heavy atom. The average Bonchev–Trinajstić information content (AvgIpc) is 2.73. The molecule has 1 saturated heterocycles. The van der Waals surface area contributed by atoms with Crippen LogP contribution in [0, 0.1) is 0 Å². The van der Waals surface area contributed by atoms with Crippen molar-refractivity contribution in [2.24, 2.45) is 0 Å². The van der Waals surface area contributed by atoms with E-state index in [1.807, 2.05) is 42.5 Å². The van der Waals surface area contributed by atoms with Gasteiger partial charge in [-0.25, -0.2) is 4.79 Å². The maximum absolute atomic E-state index is 12.8. The van der Waals surface area contributed by atoms with Crippen molar-refractivity contribution in [2.45, 2.75) is 38.0 Å². The molecule has 0 radical (unpaired) electrons. The number of carboxylic acid groups (broad SMARTS) is 1. The van der Waals surface area contributed by atoms with Crippen molar-refractivity contribution in [3.63, 3.8) is 0 Å². The molecule has 6 heteroatoms. The monoisotopic (exact) mass is 383 g/mol. The van der Waals surface area contributed by atoms with Crippen molar-refractivity contribution in [1.82, 2.24) is 5.32 Å². The summed E-state index contributed by atoms with van der Waals surface area (Å²) in [4.78, 5) is 24.4. The first-order valence-corrected chi connectivity index (χ1v) is 9.48. The van der Waals surface area contributed by atoms with Crippen LogP contribution in [-0.2, 0) is 27.3 Å². The second-order valence-corrected chi connectivity index (χ2v) is 6.83. The van der Waals surface area contributed by atoms with Crippen molar-refractivity contribution in [2.75, 3.05) is 13.2 Å². The van der Waals surface area contributed by atoms with Crippen LogP contribution in [0.1, 0.15) is 34.3 Å². The molecule has 1 fully saturated rings. The first-order chi connectivity index (χ1) is 13.6. The van der Waals surface area contributed by atoms with E-state index in [0.29, 0.717) is 25.4 Å². The van der Waals surface area contributed by atoms with Crippen LogP contribution in [0.3, 0.4) is 0 Å². The first-order valence-electron chi connectivity index (χ1n) is 9.48. The highest BCUT2D eigenvalue weighted by atomic mass is 16.5. The number of ether oxygens (including phenoxy) is 2. The number of amides is 1. The van der Waals surface area contributed by atoms with Crippen LogP contribution in [-0.4, -0.2) is 42.3 Å². The summed E-state index contributed by atoms with van der Waals surface area (Å²) in [6.07, 6.45) is 2.02. The summed E-state index contributed by atoms with van der Waals surface area (Å²) in [5.74, 6) is -1.47. The van der Waals surface area contributed by atoms with E-state index in [0.717, 1.165) is 24.0 Å². The van der Waals surface area contributed by atoms with Crippen LogP contribution in [0.15, 0.2) is 54.6 Å². The third kappa shape index (κ3) is 5.65. The highest BCUT2D eigenvalue weighted by Crippen LogP contribution is 2.16. The fraction of sp³-hybridized carbons (Fsp3) is 0.364. The Bertz CT molecular complexity index is 787. The first kappa shape index (κ1) is 20.0. The molecule has 2 aromatic rings. The molecule has 1 atom stereocenters. The van der Waals surface area contributed by atoms with Gasteiger partial charge < -0.3 is 19.9 Å². The quantitative estimate of drug-likeness (QED) is 0.732. The molecule has 3 rings (SSSR count). The van der Waals surface area contributed by atoms with Gasteiger partial charge >= 0.3 is 5.97 Å². The fourth-order valence-corrected chi connectivity index (χ4v) is 3.20. The van der Waals surface area contributed by atoms with Crippen LogP contribution in [0.4, 0.5) is 0 Å². The molecule has 1 amide bonds. The van der Waals surface area contributed by atoms with Crippen LogP contribution in [0.5, 0.6) is 0 Å². The molecule has 0 aromatic heterocycles. The standard InChI is InChI=1S/C22H25NO5/c24-21(23-20(22(25)26)14-16-6-2-1-3-7-16)19-9-5-4-8-17(19)15-28-18-10-12-27-13-11-18/h1-9,18,20H,10-15H2,(H,23,24)(H,25,26). The minimum Gasteiger partial charge on any atom is -0.480 e. The highest BCUT2D eigenvalue weighted by Gasteiger charge is 2.23. The van der Waals surface area contributed by atoms with E-state index in [2.05, 4.69) is 5.32 Å². The van der Waals surface area contributed by atoms with Gasteiger partial charge in [0.15, 0.2) is 0 Å². The predicted molar refractivity (Wildman–Crippen MR) is 104 cm³/mol. The summed E-state index contributed by atoms with van der Waals surface area (Å²) in [5.41, 5.74) is 2.04. The smallest absolute Gasteiger partial charge is 0.326 e. The zero-order valence-corrected chi connectivity index (χ0v) is 15.7. The van der Waals surface area contributed by atoms with Crippen LogP contribution >= 0.6 is 0 Å². The maximum atomic E-state index is 12.8. The summed E-state index contributed by atoms with van der Waals surface area (Å²) in [6, 6.07) is 15.4. The molecular formula is C22H25NO5. The lowest BCUT2D eigenvalue weighted by Gasteiger charge is -2.23. The van der Waals surface area contributed by atoms with Gasteiger partial charge in [0.1, 0.15) is 6.04 Å². The summed E-state index contributed by atoms with van der Waals surface area (Å²) in [7, 11) is 0. The van der Waals surface area contributed by atoms with Gasteiger partial charge in [0.25, 0.3) is 5.91 Å². The fourth-order valence-electron chi connectivity index (χ4n) is 3.20. The molecule has 6 nitrogen and oxygen atoms in total. The topological polar surface area (TPSA) is 84.9 Å². The third-order valence-corrected chi connectivity index (χ3v) is 4.79. The molecule has 0 bridgehead atoms. The number of nitrogens with one attached hydrogen (secondary N) is 1. The lowest BCUT2D eigenvalue weighted by molar-refractivity contribution is -0.139. The summed E-state index contributed by atoms with van der Waals surface area (Å²) in [5, 5.41) is 12.2. The van der Waals surface area contributed by atoms with Gasteiger partial charge in [0, 0.05) is 25.2 Å². The Hall–Kier alpha value is -2.70. The molecule has 148 valence electrons. The van der Waals surface area contributed by atoms with Crippen molar-refractivity contribution >= 4 is 11.9 Å². The molecule has 0 aliphatic carbocycles. The van der Waals surface area contributed by atoms with E-state index >= 15 is 0 Å². The van der Waals surface area contributed by atoms with E-state index in [9.17, 15) is 14.7 Å². The highest BCUT2D eigenvalue weighted by molar-refractivity contribution is 5.97. The zero-order valence-electron chi connectivity index (χ0n) is 15.7. The van der Waals surface area contributed by atoms with Gasteiger partial charge in [0.2, 0.25) is 0 Å². The largest absolute Gasteiger partial charge is 0.480 e. The van der Waals surface area contributed by atoms with E-state index in [1.54, 1.807) is 12.1 Å². The molecule has 1 aliphatic rings. The molecule has 0 spiro atoms. The van der Waals surface area contributed by atoms with Crippen molar-refractivity contribution in [1.29, 1.82) is 0 Å². The second kappa shape index (κ2) is 10.0. The molecule has 1 aliphatic heterocycles. The number of aliphatic carboxylic acids is 1. The van der Waals surface area contributed by atoms with E-state index in [-0.39, 0.29) is 12.5 Å². The molecule has 2 N–H and O–H groups in total. The number of benzene rings is 2. The van der Waals surface area contributed by atoms with Crippen molar-refractivity contribution < 1.29 is 24.2 Å². The number of carbonyl (C=O) groups excluding carboxylic acids is 1. The summed E-state index contributed by atoms with van der Waals surface area (Å²) in [6.45, 7) is 1.68. The third-order valence-electron chi connectivity index (χ3n) is 4.79. The van der Waals surface area contributed by atoms with Crippen molar-refractivity contribution in [3.05, 3.63) is 71.3 Å². The Labute approximate surface area is 164 Å². The molecule has 28 heavy (non-hydrogen) atoms. The zero-order chi connectivity index (χ0) is 19.8. The number of hydrogen-bond donors (Lipinski definition) is 2. The maximum Gasteiger partial charge on any atom is 0.326 e. The van der Waals surface area contributed by atoms with Gasteiger partial charge in [-0.05, 0) is 30.0 Å². The Morgan fingerprint density at radius 1 is 1.07 bits per heavy atom. The Kier molecular flexibility index (Phi) is 7.17. The Morgan fingerprint density at radius 2 is 1.75 bits per heavy atom. The second-order valence-electron chi connectivity index (χ2n) is 6.83. The van der Waals surface area contributed by atoms with Crippen LogP contribution in [0.2, 0.25) is 0 Å². The molecule has 1 unspecified atom stereocenters. The summed E-state index contributed by atoms with van der Waals surface area (Å²) < 4.78 is 11.3. The van der Waals surface area contributed by atoms with Gasteiger partial charge in [-0.1, -0.05) is 48.5 Å². The van der Waals surface area contributed by atoms with E-state index in [4.69, 9.17) is 9.47 Å². The van der Waals surface area contributed by atoms with Gasteiger partial charge in [-0.15, -0.1) is 0 Å². The van der Waals surface area contributed by atoms with E-state index in [1.165, 1.54) is 0 Å². The van der Waals surface area contributed by atoms with Gasteiger partial charge in [-0.2, -0.15) is 0 Å². The number of carbonyl (C=O) groups is 2. The van der Waals surface area contributed by atoms with Crippen LogP contribution in [0.25, 0.3) is 0 Å². The lowest BCUT2D eigenvalue weighted by Crippen LogP contribution is -2.42. The summed E-state index contributed by atoms with van der Waals surface area (Å²) >= 11 is 0.